The van der Waals surface area contributed by atoms with Crippen LogP contribution in [0.5, 0.6) is 0 Å². The molecule has 2 N–H and O–H groups in total. The van der Waals surface area contributed by atoms with Crippen molar-refractivity contribution in [3.8, 4) is 0 Å². The Balaban J connectivity index is 1.90. The topological polar surface area (TPSA) is 78.1 Å². The molecule has 1 unspecified atom stereocenters. The van der Waals surface area contributed by atoms with Crippen LogP contribution in [0.3, 0.4) is 0 Å². The first kappa shape index (κ1) is 14.4. The Bertz CT molecular complexity index is 726. The van der Waals surface area contributed by atoms with Gasteiger partial charge in [0.05, 0.1) is 6.04 Å². The highest BCUT2D eigenvalue weighted by molar-refractivity contribution is 5.92. The highest BCUT2D eigenvalue weighted by Crippen LogP contribution is 2.24. The Morgan fingerprint density at radius 2 is 2.18 bits per heavy atom. The van der Waals surface area contributed by atoms with Gasteiger partial charge in [0.15, 0.2) is 0 Å². The van der Waals surface area contributed by atoms with Gasteiger partial charge in [-0.15, -0.1) is 0 Å². The molecule has 1 aromatic carbocycles. The molecule has 114 valence electrons. The lowest BCUT2D eigenvalue weighted by molar-refractivity contribution is 0.0626. The van der Waals surface area contributed by atoms with Crippen LogP contribution in [0.4, 0.5) is 4.39 Å². The van der Waals surface area contributed by atoms with Gasteiger partial charge in [-0.1, -0.05) is 12.1 Å². The largest absolute Gasteiger partial charge is 0.328 e. The maximum Gasteiger partial charge on any atom is 0.274 e. The maximum absolute atomic E-state index is 13.4. The molecule has 1 atom stereocenters. The zero-order chi connectivity index (χ0) is 15.5. The SMILES string of the molecule is O=C(c1ccc(=O)[nH]n1)N1CCNCC1c1cccc(F)c1. The number of rotatable bonds is 2. The summed E-state index contributed by atoms with van der Waals surface area (Å²) in [5.74, 6) is -0.621. The molecule has 0 saturated carbocycles. The number of H-pyrrole nitrogens is 1. The van der Waals surface area contributed by atoms with Crippen molar-refractivity contribution in [1.82, 2.24) is 20.4 Å². The van der Waals surface area contributed by atoms with Crippen LogP contribution in [-0.2, 0) is 0 Å². The second kappa shape index (κ2) is 6.07. The third kappa shape index (κ3) is 2.89. The number of benzene rings is 1. The van der Waals surface area contributed by atoms with Crippen molar-refractivity contribution in [3.05, 3.63) is 63.8 Å². The van der Waals surface area contributed by atoms with E-state index < -0.39 is 0 Å². The fraction of sp³-hybridized carbons (Fsp3) is 0.267. The van der Waals surface area contributed by atoms with E-state index in [1.807, 2.05) is 0 Å². The molecular formula is C15H15FN4O2. The smallest absolute Gasteiger partial charge is 0.274 e. The van der Waals surface area contributed by atoms with Crippen LogP contribution in [0, 0.1) is 5.82 Å². The van der Waals surface area contributed by atoms with Crippen LogP contribution in [-0.4, -0.2) is 40.6 Å². The third-order valence-electron chi connectivity index (χ3n) is 3.64. The molecule has 1 aromatic heterocycles. The second-order valence-corrected chi connectivity index (χ2v) is 5.08. The Morgan fingerprint density at radius 1 is 1.32 bits per heavy atom. The Hall–Kier alpha value is -2.54. The minimum Gasteiger partial charge on any atom is -0.328 e. The zero-order valence-corrected chi connectivity index (χ0v) is 11.8. The summed E-state index contributed by atoms with van der Waals surface area (Å²) in [5.41, 5.74) is 0.534. The number of aromatic nitrogens is 2. The van der Waals surface area contributed by atoms with E-state index in [2.05, 4.69) is 15.5 Å². The number of hydrogen-bond donors (Lipinski definition) is 2. The number of hydrogen-bond acceptors (Lipinski definition) is 4. The molecule has 0 spiro atoms. The molecule has 1 aliphatic rings. The molecule has 1 saturated heterocycles. The van der Waals surface area contributed by atoms with Gasteiger partial charge in [0, 0.05) is 25.7 Å². The van der Waals surface area contributed by atoms with Crippen molar-refractivity contribution in [2.24, 2.45) is 0 Å². The summed E-state index contributed by atoms with van der Waals surface area (Å²) in [6.45, 7) is 1.68. The molecule has 22 heavy (non-hydrogen) atoms. The lowest BCUT2D eigenvalue weighted by Gasteiger charge is -2.36. The number of carbonyl (C=O) groups excluding carboxylic acids is 1. The minimum atomic E-state index is -0.362. The Labute approximate surface area is 126 Å². The van der Waals surface area contributed by atoms with Gasteiger partial charge in [0.2, 0.25) is 0 Å². The van der Waals surface area contributed by atoms with Gasteiger partial charge in [-0.05, 0) is 23.8 Å². The molecular weight excluding hydrogens is 287 g/mol. The minimum absolute atomic E-state index is 0.169. The first-order chi connectivity index (χ1) is 10.6. The van der Waals surface area contributed by atoms with Crippen molar-refractivity contribution in [3.63, 3.8) is 0 Å². The normalized spacial score (nSPS) is 18.2. The fourth-order valence-corrected chi connectivity index (χ4v) is 2.57. The lowest BCUT2D eigenvalue weighted by Crippen LogP contribution is -2.49. The van der Waals surface area contributed by atoms with Crippen LogP contribution < -0.4 is 10.9 Å². The molecule has 3 rings (SSSR count). The van der Waals surface area contributed by atoms with Crippen molar-refractivity contribution in [1.29, 1.82) is 0 Å². The van der Waals surface area contributed by atoms with Gasteiger partial charge in [-0.3, -0.25) is 9.59 Å². The van der Waals surface area contributed by atoms with E-state index in [1.54, 1.807) is 17.0 Å². The average Bonchev–Trinajstić information content (AvgIpc) is 2.55. The number of amides is 1. The monoisotopic (exact) mass is 302 g/mol. The Morgan fingerprint density at radius 3 is 2.91 bits per heavy atom. The molecule has 7 heteroatoms. The van der Waals surface area contributed by atoms with E-state index in [0.29, 0.717) is 19.6 Å². The third-order valence-corrected chi connectivity index (χ3v) is 3.64. The summed E-state index contributed by atoms with van der Waals surface area (Å²) >= 11 is 0. The van der Waals surface area contributed by atoms with Crippen LogP contribution in [0.25, 0.3) is 0 Å². The van der Waals surface area contributed by atoms with Gasteiger partial charge >= 0.3 is 0 Å². The van der Waals surface area contributed by atoms with Gasteiger partial charge in [0.1, 0.15) is 11.5 Å². The highest BCUT2D eigenvalue weighted by atomic mass is 19.1. The summed E-state index contributed by atoms with van der Waals surface area (Å²) in [6.07, 6.45) is 0. The van der Waals surface area contributed by atoms with Crippen LogP contribution in [0.1, 0.15) is 22.1 Å². The first-order valence-corrected chi connectivity index (χ1v) is 6.98. The van der Waals surface area contributed by atoms with Crippen molar-refractivity contribution < 1.29 is 9.18 Å². The van der Waals surface area contributed by atoms with Crippen molar-refractivity contribution in [2.75, 3.05) is 19.6 Å². The molecule has 2 aromatic rings. The summed E-state index contributed by atoms with van der Waals surface area (Å²) in [4.78, 5) is 25.3. The highest BCUT2D eigenvalue weighted by Gasteiger charge is 2.29. The first-order valence-electron chi connectivity index (χ1n) is 6.98. The number of nitrogens with zero attached hydrogens (tertiary/aromatic N) is 2. The standard InChI is InChI=1S/C15H15FN4O2/c16-11-3-1-2-10(8-11)13-9-17-6-7-20(13)15(22)12-4-5-14(21)19-18-12/h1-5,8,13,17H,6-7,9H2,(H,19,21). The number of carbonyl (C=O) groups is 1. The molecule has 1 fully saturated rings. The van der Waals surface area contributed by atoms with E-state index in [-0.39, 0.29) is 29.0 Å². The van der Waals surface area contributed by atoms with E-state index in [1.165, 1.54) is 24.3 Å². The number of halogens is 1. The fourth-order valence-electron chi connectivity index (χ4n) is 2.57. The van der Waals surface area contributed by atoms with Crippen LogP contribution in [0.15, 0.2) is 41.2 Å². The molecule has 2 heterocycles. The molecule has 1 amide bonds. The summed E-state index contributed by atoms with van der Waals surface area (Å²) < 4.78 is 13.4. The molecule has 0 radical (unpaired) electrons. The van der Waals surface area contributed by atoms with E-state index in [4.69, 9.17) is 0 Å². The summed E-state index contributed by atoms with van der Waals surface area (Å²) in [7, 11) is 0. The summed E-state index contributed by atoms with van der Waals surface area (Å²) in [6, 6.07) is 8.60. The van der Waals surface area contributed by atoms with E-state index >= 15 is 0 Å². The van der Waals surface area contributed by atoms with Crippen LogP contribution in [0.2, 0.25) is 0 Å². The number of piperazine rings is 1. The van der Waals surface area contributed by atoms with Gasteiger partial charge in [0.25, 0.3) is 11.5 Å². The molecule has 6 nitrogen and oxygen atoms in total. The van der Waals surface area contributed by atoms with E-state index in [9.17, 15) is 14.0 Å². The van der Waals surface area contributed by atoms with Crippen LogP contribution >= 0.6 is 0 Å². The zero-order valence-electron chi connectivity index (χ0n) is 11.8. The average molecular weight is 302 g/mol. The molecule has 1 aliphatic heterocycles. The van der Waals surface area contributed by atoms with Crippen molar-refractivity contribution in [2.45, 2.75) is 6.04 Å². The van der Waals surface area contributed by atoms with Crippen molar-refractivity contribution >= 4 is 5.91 Å². The molecule has 0 aliphatic carbocycles. The number of nitrogens with one attached hydrogen (secondary N) is 2. The van der Waals surface area contributed by atoms with Gasteiger partial charge in [-0.2, -0.15) is 5.10 Å². The summed E-state index contributed by atoms with van der Waals surface area (Å²) in [5, 5.41) is 9.23. The lowest BCUT2D eigenvalue weighted by atomic mass is 10.0. The number of aromatic amines is 1. The van der Waals surface area contributed by atoms with E-state index in [0.717, 1.165) is 5.56 Å². The maximum atomic E-state index is 13.4. The van der Waals surface area contributed by atoms with Gasteiger partial charge in [-0.25, -0.2) is 9.49 Å². The predicted octanol–water partition coefficient (Wildman–Crippen LogP) is 0.696. The second-order valence-electron chi connectivity index (χ2n) is 5.08. The molecule has 0 bridgehead atoms. The Kier molecular flexibility index (Phi) is 3.97. The quantitative estimate of drug-likeness (QED) is 0.856. The van der Waals surface area contributed by atoms with Gasteiger partial charge < -0.3 is 10.2 Å². The predicted molar refractivity (Wildman–Crippen MR) is 77.9 cm³/mol.